The van der Waals surface area contributed by atoms with Crippen molar-refractivity contribution >= 4 is 6.21 Å². The Labute approximate surface area is 79.1 Å². The maximum absolute atomic E-state index is 8.85. The third-order valence-corrected chi connectivity index (χ3v) is 1.79. The van der Waals surface area contributed by atoms with Gasteiger partial charge in [0.15, 0.2) is 0 Å². The fourth-order valence-electron chi connectivity index (χ4n) is 0.825. The van der Waals surface area contributed by atoms with Crippen molar-refractivity contribution in [3.63, 3.8) is 0 Å². The summed E-state index contributed by atoms with van der Waals surface area (Å²) in [5.41, 5.74) is 0.964. The molecule has 0 unspecified atom stereocenters. The maximum Gasteiger partial charge on any atom is 0.0518 e. The van der Waals surface area contributed by atoms with E-state index in [4.69, 9.17) is 10.2 Å². The minimum Gasteiger partial charge on any atom is -0.396 e. The number of rotatable bonds is 5. The fraction of sp³-hybridized carbons (Fsp3) is 0.500. The van der Waals surface area contributed by atoms with E-state index in [0.717, 1.165) is 5.57 Å². The van der Waals surface area contributed by atoms with Crippen molar-refractivity contribution in [3.05, 3.63) is 23.8 Å². The smallest absolute Gasteiger partial charge is 0.0518 e. The molecule has 0 radical (unpaired) electrons. The van der Waals surface area contributed by atoms with Gasteiger partial charge >= 0.3 is 0 Å². The van der Waals surface area contributed by atoms with Crippen LogP contribution in [0.2, 0.25) is 0 Å². The van der Waals surface area contributed by atoms with Gasteiger partial charge in [-0.05, 0) is 13.0 Å². The number of aliphatic imine (C=N–C) groups is 1. The van der Waals surface area contributed by atoms with Crippen molar-refractivity contribution in [3.8, 4) is 0 Å². The number of aliphatic hydroxyl groups excluding tert-OH is 2. The van der Waals surface area contributed by atoms with E-state index in [9.17, 15) is 0 Å². The molecule has 0 aromatic carbocycles. The van der Waals surface area contributed by atoms with Crippen LogP contribution in [0.5, 0.6) is 0 Å². The van der Waals surface area contributed by atoms with Crippen molar-refractivity contribution in [2.75, 3.05) is 20.3 Å². The predicted octanol–water partition coefficient (Wildman–Crippen LogP) is 0.790. The van der Waals surface area contributed by atoms with E-state index in [0.29, 0.717) is 0 Å². The average molecular weight is 183 g/mol. The molecule has 0 aliphatic carbocycles. The summed E-state index contributed by atoms with van der Waals surface area (Å²) in [6, 6.07) is 0. The Balaban J connectivity index is 4.13. The molecule has 0 aliphatic rings. The summed E-state index contributed by atoms with van der Waals surface area (Å²) in [6.45, 7) is 1.84. The summed E-state index contributed by atoms with van der Waals surface area (Å²) in [4.78, 5) is 3.78. The Morgan fingerprint density at radius 3 is 2.38 bits per heavy atom. The highest BCUT2D eigenvalue weighted by molar-refractivity contribution is 5.71. The molecule has 0 saturated carbocycles. The van der Waals surface area contributed by atoms with Crippen LogP contribution in [0.3, 0.4) is 0 Å². The summed E-state index contributed by atoms with van der Waals surface area (Å²) in [5.74, 6) is -0.150. The fourth-order valence-corrected chi connectivity index (χ4v) is 0.825. The summed E-state index contributed by atoms with van der Waals surface area (Å²) < 4.78 is 0. The summed E-state index contributed by atoms with van der Waals surface area (Å²) in [5, 5.41) is 17.7. The Morgan fingerprint density at radius 2 is 1.92 bits per heavy atom. The summed E-state index contributed by atoms with van der Waals surface area (Å²) in [7, 11) is 1.70. The molecule has 3 heteroatoms. The normalized spacial score (nSPS) is 13.8. The average Bonchev–Trinajstić information content (AvgIpc) is 2.14. The quantitative estimate of drug-likeness (QED) is 0.489. The lowest BCUT2D eigenvalue weighted by Gasteiger charge is -2.09. The van der Waals surface area contributed by atoms with Gasteiger partial charge in [0, 0.05) is 19.2 Å². The van der Waals surface area contributed by atoms with E-state index in [2.05, 4.69) is 4.99 Å². The molecule has 2 N–H and O–H groups in total. The summed E-state index contributed by atoms with van der Waals surface area (Å²) >= 11 is 0. The lowest BCUT2D eigenvalue weighted by atomic mass is 10.0. The molecule has 0 atom stereocenters. The molecule has 13 heavy (non-hydrogen) atoms. The van der Waals surface area contributed by atoms with E-state index in [1.54, 1.807) is 19.3 Å². The van der Waals surface area contributed by atoms with Crippen LogP contribution in [0, 0.1) is 5.92 Å². The van der Waals surface area contributed by atoms with Crippen molar-refractivity contribution < 1.29 is 10.2 Å². The van der Waals surface area contributed by atoms with Gasteiger partial charge in [-0.1, -0.05) is 17.7 Å². The Bertz CT molecular complexity index is 203. The molecule has 0 fully saturated rings. The minimum absolute atomic E-state index is 0.0193. The van der Waals surface area contributed by atoms with Crippen molar-refractivity contribution in [1.82, 2.24) is 0 Å². The lowest BCUT2D eigenvalue weighted by molar-refractivity contribution is 0.171. The number of allylic oxidation sites excluding steroid dienone is 3. The van der Waals surface area contributed by atoms with Gasteiger partial charge in [0.25, 0.3) is 0 Å². The van der Waals surface area contributed by atoms with Crippen LogP contribution in [0.4, 0.5) is 0 Å². The van der Waals surface area contributed by atoms with E-state index in [1.165, 1.54) is 0 Å². The second kappa shape index (κ2) is 7.71. The SMILES string of the molecule is CN=C/C=C\C=C(/C)C(CO)CO. The van der Waals surface area contributed by atoms with Gasteiger partial charge in [0.2, 0.25) is 0 Å². The first-order chi connectivity index (χ1) is 6.26. The topological polar surface area (TPSA) is 52.8 Å². The van der Waals surface area contributed by atoms with Crippen molar-refractivity contribution in [1.29, 1.82) is 0 Å². The maximum atomic E-state index is 8.85. The molecule has 0 saturated heterocycles. The second-order valence-electron chi connectivity index (χ2n) is 2.76. The molecule has 0 aliphatic heterocycles. The zero-order chi connectivity index (χ0) is 10.1. The van der Waals surface area contributed by atoms with Gasteiger partial charge < -0.3 is 10.2 Å². The minimum atomic E-state index is -0.150. The third kappa shape index (κ3) is 5.33. The first kappa shape index (κ1) is 12.1. The monoisotopic (exact) mass is 183 g/mol. The highest BCUT2D eigenvalue weighted by Gasteiger charge is 2.05. The predicted molar refractivity (Wildman–Crippen MR) is 55.0 cm³/mol. The van der Waals surface area contributed by atoms with Gasteiger partial charge in [-0.2, -0.15) is 0 Å². The molecule has 3 nitrogen and oxygen atoms in total. The van der Waals surface area contributed by atoms with E-state index in [1.807, 2.05) is 19.1 Å². The third-order valence-electron chi connectivity index (χ3n) is 1.79. The number of nitrogens with zero attached hydrogens (tertiary/aromatic N) is 1. The zero-order valence-electron chi connectivity index (χ0n) is 8.14. The molecule has 0 bridgehead atoms. The van der Waals surface area contributed by atoms with Crippen LogP contribution in [0.1, 0.15) is 6.92 Å². The summed E-state index contributed by atoms with van der Waals surface area (Å²) in [6.07, 6.45) is 7.17. The highest BCUT2D eigenvalue weighted by Crippen LogP contribution is 2.08. The molecule has 0 heterocycles. The Morgan fingerprint density at radius 1 is 1.31 bits per heavy atom. The van der Waals surface area contributed by atoms with Gasteiger partial charge in [-0.15, -0.1) is 0 Å². The van der Waals surface area contributed by atoms with Gasteiger partial charge in [-0.3, -0.25) is 4.99 Å². The Hall–Kier alpha value is -0.930. The van der Waals surface area contributed by atoms with Crippen LogP contribution in [-0.2, 0) is 0 Å². The van der Waals surface area contributed by atoms with E-state index >= 15 is 0 Å². The van der Waals surface area contributed by atoms with Crippen molar-refractivity contribution in [2.24, 2.45) is 10.9 Å². The number of hydrogen-bond acceptors (Lipinski definition) is 3. The van der Waals surface area contributed by atoms with Crippen LogP contribution in [-0.4, -0.2) is 36.7 Å². The zero-order valence-corrected chi connectivity index (χ0v) is 8.14. The molecule has 74 valence electrons. The highest BCUT2D eigenvalue weighted by atomic mass is 16.3. The first-order valence-electron chi connectivity index (χ1n) is 4.23. The van der Waals surface area contributed by atoms with E-state index in [-0.39, 0.29) is 19.1 Å². The largest absolute Gasteiger partial charge is 0.396 e. The van der Waals surface area contributed by atoms with Gasteiger partial charge in [-0.25, -0.2) is 0 Å². The standard InChI is InChI=1S/C10H17NO2/c1-9(10(7-12)8-13)5-3-4-6-11-2/h3-6,10,12-13H,7-8H2,1-2H3/b4-3-,9-5+,11-6?. The van der Waals surface area contributed by atoms with Crippen LogP contribution in [0.15, 0.2) is 28.8 Å². The van der Waals surface area contributed by atoms with Crippen molar-refractivity contribution in [2.45, 2.75) is 6.92 Å². The van der Waals surface area contributed by atoms with Crippen LogP contribution >= 0.6 is 0 Å². The molecule has 0 aromatic rings. The lowest BCUT2D eigenvalue weighted by Crippen LogP contribution is -2.11. The van der Waals surface area contributed by atoms with E-state index < -0.39 is 0 Å². The Kier molecular flexibility index (Phi) is 7.15. The van der Waals surface area contributed by atoms with Crippen LogP contribution in [0.25, 0.3) is 0 Å². The number of aliphatic hydroxyl groups is 2. The molecular formula is C10H17NO2. The number of hydrogen-bond donors (Lipinski definition) is 2. The second-order valence-corrected chi connectivity index (χ2v) is 2.76. The van der Waals surface area contributed by atoms with Crippen LogP contribution < -0.4 is 0 Å². The molecule has 0 rings (SSSR count). The molecule has 0 aromatic heterocycles. The van der Waals surface area contributed by atoms with Gasteiger partial charge in [0.1, 0.15) is 0 Å². The molecule has 0 amide bonds. The molecular weight excluding hydrogens is 166 g/mol. The first-order valence-corrected chi connectivity index (χ1v) is 4.23. The van der Waals surface area contributed by atoms with Gasteiger partial charge in [0.05, 0.1) is 13.2 Å². The molecule has 0 spiro atoms.